The molecule has 1 aliphatic rings. The molecule has 0 aromatic rings. The Kier molecular flexibility index (Phi) is 3.01. The van der Waals surface area contributed by atoms with E-state index in [-0.39, 0.29) is 0 Å². The Morgan fingerprint density at radius 2 is 2.07 bits per heavy atom. The predicted molar refractivity (Wildman–Crippen MR) is 45.6 cm³/mol. The molecular formula is C8H14O7. The minimum atomic E-state index is -2.77. The second-order valence-corrected chi connectivity index (χ2v) is 3.38. The fraction of sp³-hybridized carbons (Fsp3) is 0.875. The van der Waals surface area contributed by atoms with Crippen LogP contribution in [0.2, 0.25) is 0 Å². The summed E-state index contributed by atoms with van der Waals surface area (Å²) in [6.45, 7) is -1.62. The van der Waals surface area contributed by atoms with Gasteiger partial charge in [-0.25, -0.2) is 0 Å². The van der Waals surface area contributed by atoms with Gasteiger partial charge in [-0.05, 0) is 0 Å². The summed E-state index contributed by atoms with van der Waals surface area (Å²) in [6, 6.07) is 0. The van der Waals surface area contributed by atoms with E-state index < -0.39 is 49.5 Å². The third-order valence-electron chi connectivity index (χ3n) is 2.37. The van der Waals surface area contributed by atoms with Crippen LogP contribution in [0.1, 0.15) is 8.27 Å². The molecule has 0 aliphatic carbocycles. The van der Waals surface area contributed by atoms with Crippen molar-refractivity contribution < 1.29 is 36.4 Å². The van der Waals surface area contributed by atoms with Crippen molar-refractivity contribution in [1.82, 2.24) is 0 Å². The number of aliphatic hydroxyl groups excluding tert-OH is 4. The van der Waals surface area contributed by atoms with Gasteiger partial charge >= 0.3 is 0 Å². The van der Waals surface area contributed by atoms with Crippen molar-refractivity contribution in [3.63, 3.8) is 0 Å². The van der Waals surface area contributed by atoms with Gasteiger partial charge in [-0.3, -0.25) is 4.79 Å². The molecule has 5 atom stereocenters. The molecule has 0 amide bonds. The van der Waals surface area contributed by atoms with Gasteiger partial charge in [0.25, 0.3) is 5.79 Å². The molecule has 1 heterocycles. The second kappa shape index (κ2) is 4.12. The van der Waals surface area contributed by atoms with Gasteiger partial charge in [0.05, 0.1) is 6.61 Å². The summed E-state index contributed by atoms with van der Waals surface area (Å²) >= 11 is 0. The van der Waals surface area contributed by atoms with Crippen LogP contribution < -0.4 is 0 Å². The van der Waals surface area contributed by atoms with Crippen molar-refractivity contribution in [2.45, 2.75) is 37.1 Å². The normalized spacial score (nSPS) is 47.4. The Balaban J connectivity index is 2.98. The molecule has 0 saturated carbocycles. The first kappa shape index (κ1) is 10.9. The average Bonchev–Trinajstić information content (AvgIpc) is 2.30. The number of aliphatic hydroxyl groups is 5. The van der Waals surface area contributed by atoms with Crippen LogP contribution >= 0.6 is 0 Å². The maximum absolute atomic E-state index is 11.2. The summed E-state index contributed by atoms with van der Waals surface area (Å²) in [4.78, 5) is 11.2. The molecule has 0 spiro atoms. The molecule has 5 N–H and O–H groups in total. The van der Waals surface area contributed by atoms with Gasteiger partial charge in [-0.15, -0.1) is 0 Å². The third kappa shape index (κ3) is 1.89. The first-order chi connectivity index (χ1) is 7.38. The molecule has 1 rings (SSSR count). The average molecular weight is 223 g/mol. The van der Waals surface area contributed by atoms with Crippen molar-refractivity contribution in [2.24, 2.45) is 0 Å². The summed E-state index contributed by atoms with van der Waals surface area (Å²) in [5.74, 6) is -3.93. The molecule has 0 aromatic heterocycles. The van der Waals surface area contributed by atoms with Crippen LogP contribution in [-0.4, -0.2) is 68.1 Å². The third-order valence-corrected chi connectivity index (χ3v) is 2.37. The van der Waals surface area contributed by atoms with E-state index in [9.17, 15) is 25.2 Å². The number of ether oxygens (including phenoxy) is 1. The zero-order valence-corrected chi connectivity index (χ0v) is 7.78. The zero-order valence-electron chi connectivity index (χ0n) is 8.78. The number of hydrogen-bond acceptors (Lipinski definition) is 7. The van der Waals surface area contributed by atoms with Gasteiger partial charge in [-0.2, -0.15) is 0 Å². The van der Waals surface area contributed by atoms with E-state index >= 15 is 0 Å². The van der Waals surface area contributed by atoms with E-state index in [0.29, 0.717) is 0 Å². The van der Waals surface area contributed by atoms with Crippen LogP contribution in [0.25, 0.3) is 0 Å². The Morgan fingerprint density at radius 1 is 1.47 bits per heavy atom. The van der Waals surface area contributed by atoms with E-state index in [0.717, 1.165) is 0 Å². The van der Waals surface area contributed by atoms with Gasteiger partial charge in [0.15, 0.2) is 5.78 Å². The number of ketones is 1. The molecule has 1 fully saturated rings. The molecule has 88 valence electrons. The lowest BCUT2D eigenvalue weighted by Crippen LogP contribution is -2.67. The molecule has 1 saturated heterocycles. The summed E-state index contributed by atoms with van der Waals surface area (Å²) in [5.41, 5.74) is 0. The maximum atomic E-state index is 11.2. The van der Waals surface area contributed by atoms with E-state index in [2.05, 4.69) is 4.74 Å². The fourth-order valence-corrected chi connectivity index (χ4v) is 1.38. The maximum Gasteiger partial charge on any atom is 0.256 e. The smallest absolute Gasteiger partial charge is 0.256 e. The van der Waals surface area contributed by atoms with Gasteiger partial charge in [-0.1, -0.05) is 0 Å². The highest BCUT2D eigenvalue weighted by Gasteiger charge is 2.55. The molecule has 0 bridgehead atoms. The molecule has 15 heavy (non-hydrogen) atoms. The van der Waals surface area contributed by atoms with Gasteiger partial charge in [0.2, 0.25) is 0 Å². The zero-order chi connectivity index (χ0) is 12.5. The van der Waals surface area contributed by atoms with Crippen LogP contribution in [0.4, 0.5) is 0 Å². The Labute approximate surface area is 86.9 Å². The first-order valence-electron chi connectivity index (χ1n) is 4.97. The molecule has 7 heteroatoms. The van der Waals surface area contributed by atoms with Crippen LogP contribution in [-0.2, 0) is 9.53 Å². The minimum Gasteiger partial charge on any atom is -0.394 e. The number of carbonyl (C=O) groups is 1. The summed E-state index contributed by atoms with van der Waals surface area (Å²) < 4.78 is 11.4. The molecular weight excluding hydrogens is 208 g/mol. The van der Waals surface area contributed by atoms with Crippen molar-refractivity contribution >= 4 is 5.78 Å². The molecule has 7 nitrogen and oxygen atoms in total. The van der Waals surface area contributed by atoms with E-state index in [1.165, 1.54) is 0 Å². The van der Waals surface area contributed by atoms with Gasteiger partial charge in [0, 0.05) is 8.27 Å². The second-order valence-electron chi connectivity index (χ2n) is 3.38. The Morgan fingerprint density at radius 3 is 2.53 bits per heavy atom. The monoisotopic (exact) mass is 223 g/mol. The highest BCUT2D eigenvalue weighted by molar-refractivity contribution is 5.84. The Bertz CT molecular complexity index is 271. The van der Waals surface area contributed by atoms with E-state index in [1.54, 1.807) is 0 Å². The summed E-state index contributed by atoms with van der Waals surface area (Å²) in [5, 5.41) is 46.6. The molecule has 0 aromatic carbocycles. The standard InChI is InChI=1S/C8H14O7/c1-3(10)8(14)7(13)6(12)5(11)4(2-9)15-8/h4-7,9,11-14H,2H2,1H3/t4-,5-,6+,7+,8?/m1/s1/i1D. The molecule has 1 unspecified atom stereocenters. The Hall–Kier alpha value is -0.570. The number of carbonyl (C=O) groups excluding carboxylic acids is 1. The largest absolute Gasteiger partial charge is 0.394 e. The summed E-state index contributed by atoms with van der Waals surface area (Å²) in [6.07, 6.45) is -6.94. The highest BCUT2D eigenvalue weighted by atomic mass is 16.7. The first-order valence-corrected chi connectivity index (χ1v) is 4.26. The highest BCUT2D eigenvalue weighted by Crippen LogP contribution is 2.28. The van der Waals surface area contributed by atoms with Crippen molar-refractivity contribution in [3.8, 4) is 0 Å². The lowest BCUT2D eigenvalue weighted by molar-refractivity contribution is -0.330. The van der Waals surface area contributed by atoms with Crippen molar-refractivity contribution in [2.75, 3.05) is 6.61 Å². The van der Waals surface area contributed by atoms with Gasteiger partial charge in [0.1, 0.15) is 24.4 Å². The lowest BCUT2D eigenvalue weighted by Gasteiger charge is -2.43. The van der Waals surface area contributed by atoms with Crippen LogP contribution in [0.3, 0.4) is 0 Å². The predicted octanol–water partition coefficient (Wildman–Crippen LogP) is -3.26. The number of rotatable bonds is 2. The molecule has 0 radical (unpaired) electrons. The van der Waals surface area contributed by atoms with Crippen molar-refractivity contribution in [3.05, 3.63) is 0 Å². The number of hydrogen-bond donors (Lipinski definition) is 5. The van der Waals surface area contributed by atoms with Crippen LogP contribution in [0.5, 0.6) is 0 Å². The van der Waals surface area contributed by atoms with E-state index in [4.69, 9.17) is 6.48 Å². The SMILES string of the molecule is [2H]CC(=O)C1(O)O[C@H](CO)[C@@H](O)[C@H](O)[C@@H]1O. The summed E-state index contributed by atoms with van der Waals surface area (Å²) in [7, 11) is 0. The number of Topliss-reactive ketones (excluding diaryl/α,β-unsaturated/α-hetero) is 1. The van der Waals surface area contributed by atoms with Gasteiger partial charge < -0.3 is 30.3 Å². The van der Waals surface area contributed by atoms with Crippen LogP contribution in [0.15, 0.2) is 0 Å². The quantitative estimate of drug-likeness (QED) is 0.332. The fourth-order valence-electron chi connectivity index (χ4n) is 1.38. The topological polar surface area (TPSA) is 127 Å². The lowest BCUT2D eigenvalue weighted by atomic mass is 9.90. The van der Waals surface area contributed by atoms with Crippen molar-refractivity contribution in [1.29, 1.82) is 0 Å². The van der Waals surface area contributed by atoms with E-state index in [1.807, 2.05) is 0 Å². The van der Waals surface area contributed by atoms with Crippen LogP contribution in [0, 0.1) is 0 Å². The minimum absolute atomic E-state index is 0.751. The molecule has 1 aliphatic heterocycles.